The Morgan fingerprint density at radius 1 is 1.17 bits per heavy atom. The second-order valence-corrected chi connectivity index (χ2v) is 10.6. The number of hydrogen-bond acceptors (Lipinski definition) is 5. The lowest BCUT2D eigenvalue weighted by atomic mass is 9.45. The molecule has 0 bridgehead atoms. The van der Waals surface area contributed by atoms with Crippen molar-refractivity contribution in [1.82, 2.24) is 0 Å². The van der Waals surface area contributed by atoms with Crippen LogP contribution in [-0.2, 0) is 18.9 Å². The molecule has 2 spiro atoms. The second-order valence-electron chi connectivity index (χ2n) is 10.6. The molecule has 3 saturated carbocycles. The van der Waals surface area contributed by atoms with Crippen LogP contribution in [0, 0.1) is 34.5 Å². The van der Waals surface area contributed by atoms with E-state index in [0.717, 1.165) is 19.3 Å². The van der Waals surface area contributed by atoms with Crippen LogP contribution >= 0.6 is 0 Å². The van der Waals surface area contributed by atoms with Gasteiger partial charge in [-0.2, -0.15) is 0 Å². The van der Waals surface area contributed by atoms with E-state index in [1.54, 1.807) is 0 Å². The van der Waals surface area contributed by atoms with Gasteiger partial charge in [-0.05, 0) is 55.6 Å². The van der Waals surface area contributed by atoms with Crippen molar-refractivity contribution in [2.75, 3.05) is 20.2 Å². The Morgan fingerprint density at radius 2 is 2.00 bits per heavy atom. The van der Waals surface area contributed by atoms with E-state index < -0.39 is 17.5 Å². The highest BCUT2D eigenvalue weighted by atomic mass is 16.9. The zero-order chi connectivity index (χ0) is 20.1. The molecule has 4 aliphatic carbocycles. The van der Waals surface area contributed by atoms with Gasteiger partial charge in [0.15, 0.2) is 13.6 Å². The van der Waals surface area contributed by atoms with Gasteiger partial charge >= 0.3 is 0 Å². The number of aliphatic hydroxyl groups is 1. The van der Waals surface area contributed by atoms with Crippen LogP contribution < -0.4 is 0 Å². The Morgan fingerprint density at radius 3 is 2.79 bits per heavy atom. The van der Waals surface area contributed by atoms with Gasteiger partial charge in [-0.25, -0.2) is 0 Å². The Hall–Kier alpha value is -0.940. The maximum atomic E-state index is 11.6. The molecule has 0 amide bonds. The number of allylic oxidation sites excluding steroid dienone is 3. The van der Waals surface area contributed by atoms with E-state index >= 15 is 0 Å². The lowest BCUT2D eigenvalue weighted by Gasteiger charge is -2.61. The Bertz CT molecular complexity index is 816. The summed E-state index contributed by atoms with van der Waals surface area (Å²) in [5, 5.41) is 11.6. The molecule has 1 N–H and O–H groups in total. The highest BCUT2D eigenvalue weighted by Crippen LogP contribution is 2.71. The van der Waals surface area contributed by atoms with E-state index in [1.807, 2.05) is 6.08 Å². The van der Waals surface area contributed by atoms with E-state index in [2.05, 4.69) is 38.7 Å². The maximum Gasteiger partial charge on any atom is 0.226 e. The molecule has 0 aromatic rings. The molecule has 0 aromatic carbocycles. The molecule has 1 unspecified atom stereocenters. The zero-order valence-corrected chi connectivity index (χ0v) is 17.6. The van der Waals surface area contributed by atoms with Crippen molar-refractivity contribution in [1.29, 1.82) is 0 Å². The van der Waals surface area contributed by atoms with Crippen LogP contribution in [0.4, 0.5) is 0 Å². The molecule has 5 fully saturated rings. The van der Waals surface area contributed by atoms with Gasteiger partial charge in [-0.3, -0.25) is 0 Å². The van der Waals surface area contributed by atoms with Crippen molar-refractivity contribution >= 4 is 0 Å². The summed E-state index contributed by atoms with van der Waals surface area (Å²) in [6, 6.07) is 0. The minimum absolute atomic E-state index is 0.120. The lowest BCUT2D eigenvalue weighted by Crippen LogP contribution is -2.66. The van der Waals surface area contributed by atoms with Crippen molar-refractivity contribution in [3.8, 4) is 0 Å². The summed E-state index contributed by atoms with van der Waals surface area (Å²) < 4.78 is 24.2. The summed E-state index contributed by atoms with van der Waals surface area (Å²) in [5.74, 6) is 0.811. The van der Waals surface area contributed by atoms with Crippen LogP contribution in [0.25, 0.3) is 0 Å². The fraction of sp³-hybridized carbons (Fsp3) is 0.792. The molecule has 2 aliphatic heterocycles. The molecule has 9 atom stereocenters. The van der Waals surface area contributed by atoms with Crippen molar-refractivity contribution in [2.45, 2.75) is 63.9 Å². The van der Waals surface area contributed by atoms with Gasteiger partial charge in [-0.1, -0.05) is 32.4 Å². The molecule has 29 heavy (non-hydrogen) atoms. The second kappa shape index (κ2) is 5.85. The highest BCUT2D eigenvalue weighted by Gasteiger charge is 2.76. The molecule has 2 heterocycles. The molecule has 5 heteroatoms. The third-order valence-electron chi connectivity index (χ3n) is 9.67. The number of fused-ring (bicyclic) bond motifs is 7. The Labute approximate surface area is 172 Å². The van der Waals surface area contributed by atoms with Gasteiger partial charge in [0, 0.05) is 16.7 Å². The van der Waals surface area contributed by atoms with Crippen LogP contribution in [0.5, 0.6) is 0 Å². The third-order valence-corrected chi connectivity index (χ3v) is 9.67. The van der Waals surface area contributed by atoms with E-state index in [0.29, 0.717) is 30.8 Å². The van der Waals surface area contributed by atoms with Crippen molar-refractivity contribution in [2.24, 2.45) is 34.5 Å². The fourth-order valence-electron chi connectivity index (χ4n) is 8.64. The van der Waals surface area contributed by atoms with Gasteiger partial charge in [0.2, 0.25) is 5.79 Å². The normalized spacial score (nSPS) is 57.8. The van der Waals surface area contributed by atoms with Crippen molar-refractivity contribution in [3.05, 3.63) is 29.5 Å². The molecular formula is C24H32O5. The zero-order valence-electron chi connectivity index (χ0n) is 17.6. The van der Waals surface area contributed by atoms with Crippen LogP contribution in [0.1, 0.15) is 46.5 Å². The number of rotatable bonds is 0. The summed E-state index contributed by atoms with van der Waals surface area (Å²) in [6.07, 6.45) is 9.91. The summed E-state index contributed by atoms with van der Waals surface area (Å²) in [7, 11) is 0. The summed E-state index contributed by atoms with van der Waals surface area (Å²) in [6.45, 7) is 7.88. The number of aliphatic hydroxyl groups excluding tert-OH is 1. The fourth-order valence-corrected chi connectivity index (χ4v) is 8.64. The maximum absolute atomic E-state index is 11.6. The topological polar surface area (TPSA) is 57.2 Å². The Balaban J connectivity index is 1.45. The summed E-state index contributed by atoms with van der Waals surface area (Å²) in [5.41, 5.74) is 3.92. The molecule has 2 saturated heterocycles. The largest absolute Gasteiger partial charge is 0.393 e. The standard InChI is InChI=1S/C24H32O5/c1-15-10-16-18-7-9-23(24(29-14-27-23)12-26-13-28-24)22(18,3)11-19(25)20(16)21(2)8-5-4-6-17(15)21/h4,6,8,15-16,18-20,25H,7,9-14H2,1-3H3/t15-,16-,18-,19-,20+,21-,22-,23+,24?/m0/s1. The van der Waals surface area contributed by atoms with Crippen LogP contribution in [0.3, 0.4) is 0 Å². The molecular weight excluding hydrogens is 368 g/mol. The van der Waals surface area contributed by atoms with Gasteiger partial charge in [-0.15, -0.1) is 5.73 Å². The Kier molecular flexibility index (Phi) is 3.79. The molecule has 158 valence electrons. The van der Waals surface area contributed by atoms with Gasteiger partial charge in [0.25, 0.3) is 0 Å². The van der Waals surface area contributed by atoms with Gasteiger partial charge < -0.3 is 24.1 Å². The first-order valence-corrected chi connectivity index (χ1v) is 11.2. The van der Waals surface area contributed by atoms with Gasteiger partial charge in [0.1, 0.15) is 12.2 Å². The van der Waals surface area contributed by atoms with Crippen LogP contribution in [0.15, 0.2) is 29.5 Å². The minimum Gasteiger partial charge on any atom is -0.393 e. The quantitative estimate of drug-likeness (QED) is 0.631. The molecule has 5 nitrogen and oxygen atoms in total. The molecule has 0 aromatic heterocycles. The third kappa shape index (κ3) is 2.05. The van der Waals surface area contributed by atoms with Crippen LogP contribution in [0.2, 0.25) is 0 Å². The number of ether oxygens (including phenoxy) is 4. The smallest absolute Gasteiger partial charge is 0.226 e. The van der Waals surface area contributed by atoms with E-state index in [4.69, 9.17) is 18.9 Å². The van der Waals surface area contributed by atoms with Crippen molar-refractivity contribution < 1.29 is 24.1 Å². The summed E-state index contributed by atoms with van der Waals surface area (Å²) >= 11 is 0. The van der Waals surface area contributed by atoms with E-state index in [9.17, 15) is 5.11 Å². The first kappa shape index (κ1) is 18.8. The van der Waals surface area contributed by atoms with E-state index in [1.165, 1.54) is 5.57 Å². The molecule has 6 rings (SSSR count). The van der Waals surface area contributed by atoms with E-state index in [-0.39, 0.29) is 30.3 Å². The average Bonchev–Trinajstić information content (AvgIpc) is 3.36. The van der Waals surface area contributed by atoms with Crippen molar-refractivity contribution in [3.63, 3.8) is 0 Å². The average molecular weight is 401 g/mol. The number of hydrogen-bond donors (Lipinski definition) is 1. The monoisotopic (exact) mass is 400 g/mol. The predicted octanol–water partition coefficient (Wildman–Crippen LogP) is 3.54. The van der Waals surface area contributed by atoms with Gasteiger partial charge in [0.05, 0.1) is 6.10 Å². The first-order valence-electron chi connectivity index (χ1n) is 11.2. The minimum atomic E-state index is -0.828. The first-order chi connectivity index (χ1) is 13.9. The molecule has 6 aliphatic rings. The lowest BCUT2D eigenvalue weighted by molar-refractivity contribution is -0.256. The SMILES string of the molecule is C[C@H]1C[C@@H]2[C@H]([C@@H](O)C[C@@]3(C)[C@H]2CC[C@@]32OCOC23COCO3)[C@@]2(C)C=C=CC=C12. The summed E-state index contributed by atoms with van der Waals surface area (Å²) in [4.78, 5) is 0. The molecule has 0 radical (unpaired) electrons. The van der Waals surface area contributed by atoms with Crippen LogP contribution in [-0.4, -0.2) is 42.8 Å². The predicted molar refractivity (Wildman–Crippen MR) is 105 cm³/mol. The highest BCUT2D eigenvalue weighted by molar-refractivity contribution is 5.36.